The third-order valence-electron chi connectivity index (χ3n) is 2.29. The lowest BCUT2D eigenvalue weighted by Crippen LogP contribution is -2.25. The van der Waals surface area contributed by atoms with Crippen molar-refractivity contribution in [2.45, 2.75) is 12.5 Å². The van der Waals surface area contributed by atoms with Crippen molar-refractivity contribution in [3.05, 3.63) is 42.2 Å². The summed E-state index contributed by atoms with van der Waals surface area (Å²) in [5.41, 5.74) is 0.693. The quantitative estimate of drug-likeness (QED) is 0.812. The normalized spacial score (nSPS) is 12.3. The van der Waals surface area contributed by atoms with Gasteiger partial charge in [0, 0.05) is 18.2 Å². The van der Waals surface area contributed by atoms with E-state index in [1.807, 2.05) is 0 Å². The molecule has 2 heterocycles. The summed E-state index contributed by atoms with van der Waals surface area (Å²) in [7, 11) is 0. The van der Waals surface area contributed by atoms with Gasteiger partial charge in [-0.2, -0.15) is 0 Å². The highest BCUT2D eigenvalue weighted by Gasteiger charge is 2.11. The smallest absolute Gasteiger partial charge is 0.289 e. The first kappa shape index (κ1) is 11.4. The fourth-order valence-corrected chi connectivity index (χ4v) is 1.37. The molecule has 2 aromatic heterocycles. The van der Waals surface area contributed by atoms with Crippen LogP contribution in [-0.4, -0.2) is 22.7 Å². The molecule has 0 saturated carbocycles. The number of aliphatic hydroxyl groups excluding tert-OH is 1. The average Bonchev–Trinajstić information content (AvgIpc) is 3.02. The first-order chi connectivity index (χ1) is 8.27. The predicted octanol–water partition coefficient (Wildman–Crippen LogP) is 1.12. The van der Waals surface area contributed by atoms with Crippen LogP contribution in [0.1, 0.15) is 28.6 Å². The van der Waals surface area contributed by atoms with Crippen LogP contribution < -0.4 is 5.32 Å². The van der Waals surface area contributed by atoms with Gasteiger partial charge in [0.25, 0.3) is 5.91 Å². The second-order valence-electron chi connectivity index (χ2n) is 3.49. The monoisotopic (exact) mass is 236 g/mol. The molecule has 2 aromatic rings. The van der Waals surface area contributed by atoms with E-state index >= 15 is 0 Å². The highest BCUT2D eigenvalue weighted by Crippen LogP contribution is 2.15. The lowest BCUT2D eigenvalue weighted by molar-refractivity contribution is 0.0906. The molecular formula is C11H12N2O4. The van der Waals surface area contributed by atoms with E-state index in [0.717, 1.165) is 0 Å². The third kappa shape index (κ3) is 2.94. The van der Waals surface area contributed by atoms with Crippen molar-refractivity contribution in [3.63, 3.8) is 0 Å². The van der Waals surface area contributed by atoms with Crippen molar-refractivity contribution in [3.8, 4) is 0 Å². The van der Waals surface area contributed by atoms with Gasteiger partial charge in [0.2, 0.25) is 5.76 Å². The van der Waals surface area contributed by atoms with Gasteiger partial charge in [0.15, 0.2) is 0 Å². The van der Waals surface area contributed by atoms with Gasteiger partial charge in [-0.3, -0.25) is 4.79 Å². The summed E-state index contributed by atoms with van der Waals surface area (Å²) < 4.78 is 9.54. The van der Waals surface area contributed by atoms with Gasteiger partial charge in [0.05, 0.1) is 24.8 Å². The maximum atomic E-state index is 11.4. The predicted molar refractivity (Wildman–Crippen MR) is 57.1 cm³/mol. The number of carbonyl (C=O) groups excluding carboxylic acids is 1. The van der Waals surface area contributed by atoms with Crippen LogP contribution >= 0.6 is 0 Å². The molecule has 90 valence electrons. The Labute approximate surface area is 97.2 Å². The number of rotatable bonds is 5. The molecule has 0 aromatic carbocycles. The van der Waals surface area contributed by atoms with Crippen molar-refractivity contribution in [1.82, 2.24) is 10.5 Å². The van der Waals surface area contributed by atoms with E-state index in [0.29, 0.717) is 18.5 Å². The zero-order valence-electron chi connectivity index (χ0n) is 9.00. The molecule has 1 unspecified atom stereocenters. The largest absolute Gasteiger partial charge is 0.472 e. The van der Waals surface area contributed by atoms with Gasteiger partial charge in [-0.15, -0.1) is 0 Å². The van der Waals surface area contributed by atoms with E-state index in [4.69, 9.17) is 4.42 Å². The van der Waals surface area contributed by atoms with Crippen LogP contribution in [-0.2, 0) is 0 Å². The second-order valence-corrected chi connectivity index (χ2v) is 3.49. The standard InChI is InChI=1S/C11H12N2O4/c14-9(8-3-6-16-7-8)1-4-12-11(15)10-2-5-13-17-10/h2-3,5-7,9,14H,1,4H2,(H,12,15). The van der Waals surface area contributed by atoms with Crippen LogP contribution in [0.3, 0.4) is 0 Å². The van der Waals surface area contributed by atoms with Gasteiger partial charge < -0.3 is 19.4 Å². The van der Waals surface area contributed by atoms with Crippen LogP contribution in [0.2, 0.25) is 0 Å². The first-order valence-electron chi connectivity index (χ1n) is 5.16. The Kier molecular flexibility index (Phi) is 3.56. The maximum Gasteiger partial charge on any atom is 0.289 e. The Morgan fingerprint density at radius 3 is 3.06 bits per heavy atom. The van der Waals surface area contributed by atoms with E-state index in [2.05, 4.69) is 15.0 Å². The minimum Gasteiger partial charge on any atom is -0.472 e. The molecule has 1 amide bonds. The van der Waals surface area contributed by atoms with E-state index < -0.39 is 6.10 Å². The van der Waals surface area contributed by atoms with Crippen molar-refractivity contribution in [2.24, 2.45) is 0 Å². The molecule has 2 N–H and O–H groups in total. The van der Waals surface area contributed by atoms with Gasteiger partial charge in [-0.05, 0) is 12.5 Å². The van der Waals surface area contributed by atoms with Crippen LogP contribution in [0.5, 0.6) is 0 Å². The molecule has 0 fully saturated rings. The summed E-state index contributed by atoms with van der Waals surface area (Å²) >= 11 is 0. The van der Waals surface area contributed by atoms with Gasteiger partial charge in [0.1, 0.15) is 0 Å². The molecule has 0 aliphatic carbocycles. The van der Waals surface area contributed by atoms with E-state index in [1.165, 1.54) is 24.8 Å². The summed E-state index contributed by atoms with van der Waals surface area (Å²) in [5, 5.41) is 15.7. The molecule has 0 radical (unpaired) electrons. The lowest BCUT2D eigenvalue weighted by atomic mass is 10.1. The Morgan fingerprint density at radius 1 is 1.53 bits per heavy atom. The minimum atomic E-state index is -0.649. The first-order valence-corrected chi connectivity index (χ1v) is 5.16. The zero-order valence-corrected chi connectivity index (χ0v) is 9.00. The summed E-state index contributed by atoms with van der Waals surface area (Å²) in [6, 6.07) is 3.16. The fourth-order valence-electron chi connectivity index (χ4n) is 1.37. The van der Waals surface area contributed by atoms with Crippen molar-refractivity contribution in [1.29, 1.82) is 0 Å². The van der Waals surface area contributed by atoms with Crippen LogP contribution in [0.4, 0.5) is 0 Å². The number of furan rings is 1. The summed E-state index contributed by atoms with van der Waals surface area (Å²) in [4.78, 5) is 11.4. The third-order valence-corrected chi connectivity index (χ3v) is 2.29. The second kappa shape index (κ2) is 5.31. The Morgan fingerprint density at radius 2 is 2.41 bits per heavy atom. The van der Waals surface area contributed by atoms with Crippen molar-refractivity contribution >= 4 is 5.91 Å². The van der Waals surface area contributed by atoms with Gasteiger partial charge >= 0.3 is 0 Å². The fraction of sp³-hybridized carbons (Fsp3) is 0.273. The number of hydrogen-bond acceptors (Lipinski definition) is 5. The average molecular weight is 236 g/mol. The number of nitrogens with one attached hydrogen (secondary N) is 1. The Bertz CT molecular complexity index is 450. The molecule has 2 rings (SSSR count). The van der Waals surface area contributed by atoms with Crippen molar-refractivity contribution in [2.75, 3.05) is 6.54 Å². The van der Waals surface area contributed by atoms with Crippen LogP contribution in [0, 0.1) is 0 Å². The number of hydrogen-bond donors (Lipinski definition) is 2. The molecule has 0 spiro atoms. The summed E-state index contributed by atoms with van der Waals surface area (Å²) in [6.07, 6.45) is 4.12. The minimum absolute atomic E-state index is 0.155. The van der Waals surface area contributed by atoms with E-state index in [-0.39, 0.29) is 11.7 Å². The molecule has 0 aliphatic rings. The number of amides is 1. The molecular weight excluding hydrogens is 224 g/mol. The van der Waals surface area contributed by atoms with Gasteiger partial charge in [-0.25, -0.2) is 0 Å². The van der Waals surface area contributed by atoms with Crippen LogP contribution in [0.25, 0.3) is 0 Å². The molecule has 0 saturated heterocycles. The number of carbonyl (C=O) groups is 1. The molecule has 0 bridgehead atoms. The van der Waals surface area contributed by atoms with Gasteiger partial charge in [-0.1, -0.05) is 5.16 Å². The highest BCUT2D eigenvalue weighted by molar-refractivity contribution is 5.91. The molecule has 0 aliphatic heterocycles. The lowest BCUT2D eigenvalue weighted by Gasteiger charge is -2.08. The summed E-state index contributed by atoms with van der Waals surface area (Å²) in [5.74, 6) is -0.190. The SMILES string of the molecule is O=C(NCCC(O)c1ccoc1)c1ccno1. The zero-order chi connectivity index (χ0) is 12.1. The van der Waals surface area contributed by atoms with E-state index in [1.54, 1.807) is 6.07 Å². The molecule has 6 heteroatoms. The number of aromatic nitrogens is 1. The highest BCUT2D eigenvalue weighted by atomic mass is 16.5. The topological polar surface area (TPSA) is 88.5 Å². The number of nitrogens with zero attached hydrogens (tertiary/aromatic N) is 1. The molecule has 6 nitrogen and oxygen atoms in total. The molecule has 1 atom stereocenters. The van der Waals surface area contributed by atoms with E-state index in [9.17, 15) is 9.90 Å². The Balaban J connectivity index is 1.75. The Hall–Kier alpha value is -2.08. The number of aliphatic hydroxyl groups is 1. The maximum absolute atomic E-state index is 11.4. The molecule has 17 heavy (non-hydrogen) atoms. The summed E-state index contributed by atoms with van der Waals surface area (Å²) in [6.45, 7) is 0.339. The van der Waals surface area contributed by atoms with Crippen molar-refractivity contribution < 1.29 is 18.8 Å². The van der Waals surface area contributed by atoms with Crippen LogP contribution in [0.15, 0.2) is 39.8 Å².